The van der Waals surface area contributed by atoms with Gasteiger partial charge in [0.05, 0.1) is 6.61 Å². The maximum absolute atomic E-state index is 11.7. The Morgan fingerprint density at radius 3 is 2.60 bits per heavy atom. The lowest BCUT2D eigenvalue weighted by Crippen LogP contribution is -2.39. The number of amides is 1. The number of hydrogen-bond acceptors (Lipinski definition) is 4. The van der Waals surface area contributed by atoms with E-state index in [-0.39, 0.29) is 19.8 Å². The molecule has 0 rings (SSSR count). The molecule has 0 aromatic carbocycles. The van der Waals surface area contributed by atoms with Gasteiger partial charge < -0.3 is 20.9 Å². The molecule has 0 aliphatic carbocycles. The zero-order valence-corrected chi connectivity index (χ0v) is 7.88. The number of nitrogens with one attached hydrogen (secondary N) is 1. The standard InChI is InChI=1S/C7H13F3N2O3/c8-7(9,10)5(13)3-12-1-2-15-4-6(11)14/h5,12-13H,1-4H2,(H2,11,14). The first kappa shape index (κ1) is 14.1. The van der Waals surface area contributed by atoms with Crippen LogP contribution in [-0.2, 0) is 9.53 Å². The third-order valence-corrected chi connectivity index (χ3v) is 1.38. The van der Waals surface area contributed by atoms with Gasteiger partial charge in [0.25, 0.3) is 0 Å². The molecule has 0 saturated heterocycles. The first-order chi connectivity index (χ1) is 6.84. The predicted octanol–water partition coefficient (Wildman–Crippen LogP) is -0.999. The molecule has 0 aromatic heterocycles. The molecule has 8 heteroatoms. The Hall–Kier alpha value is -0.860. The fourth-order valence-corrected chi connectivity index (χ4v) is 0.672. The molecule has 4 N–H and O–H groups in total. The lowest BCUT2D eigenvalue weighted by molar-refractivity contribution is -0.201. The van der Waals surface area contributed by atoms with Crippen LogP contribution < -0.4 is 11.1 Å². The summed E-state index contributed by atoms with van der Waals surface area (Å²) in [6, 6.07) is 0. The first-order valence-electron chi connectivity index (χ1n) is 4.15. The molecule has 0 bridgehead atoms. The zero-order chi connectivity index (χ0) is 11.9. The highest BCUT2D eigenvalue weighted by molar-refractivity contribution is 5.74. The maximum atomic E-state index is 11.7. The van der Waals surface area contributed by atoms with E-state index < -0.39 is 24.7 Å². The summed E-state index contributed by atoms with van der Waals surface area (Å²) in [5.41, 5.74) is 4.74. The highest BCUT2D eigenvalue weighted by atomic mass is 19.4. The fraction of sp³-hybridized carbons (Fsp3) is 0.857. The van der Waals surface area contributed by atoms with Crippen LogP contribution >= 0.6 is 0 Å². The normalized spacial score (nSPS) is 13.9. The Kier molecular flexibility index (Phi) is 6.21. The van der Waals surface area contributed by atoms with Crippen molar-refractivity contribution in [1.82, 2.24) is 5.32 Å². The minimum Gasteiger partial charge on any atom is -0.382 e. The predicted molar refractivity (Wildman–Crippen MR) is 44.9 cm³/mol. The van der Waals surface area contributed by atoms with Crippen molar-refractivity contribution < 1.29 is 27.8 Å². The van der Waals surface area contributed by atoms with Crippen LogP contribution in [0.4, 0.5) is 13.2 Å². The Morgan fingerprint density at radius 2 is 2.13 bits per heavy atom. The molecule has 1 atom stereocenters. The van der Waals surface area contributed by atoms with Crippen LogP contribution in [0.15, 0.2) is 0 Å². The molecule has 0 fully saturated rings. The highest BCUT2D eigenvalue weighted by Crippen LogP contribution is 2.18. The molecule has 0 radical (unpaired) electrons. The Balaban J connectivity index is 3.35. The first-order valence-corrected chi connectivity index (χ1v) is 4.15. The van der Waals surface area contributed by atoms with Gasteiger partial charge in [0.1, 0.15) is 6.61 Å². The second-order valence-corrected chi connectivity index (χ2v) is 2.78. The summed E-state index contributed by atoms with van der Waals surface area (Å²) in [5, 5.41) is 10.8. The van der Waals surface area contributed by atoms with Crippen LogP contribution in [0.2, 0.25) is 0 Å². The second-order valence-electron chi connectivity index (χ2n) is 2.78. The molecule has 0 heterocycles. The number of primary amides is 1. The molecule has 15 heavy (non-hydrogen) atoms. The maximum Gasteiger partial charge on any atom is 0.415 e. The van der Waals surface area contributed by atoms with Crippen molar-refractivity contribution in [3.63, 3.8) is 0 Å². The molecule has 0 saturated carbocycles. The molecule has 0 aliphatic heterocycles. The smallest absolute Gasteiger partial charge is 0.382 e. The van der Waals surface area contributed by atoms with E-state index in [2.05, 4.69) is 10.1 Å². The molecule has 90 valence electrons. The number of carbonyl (C=O) groups is 1. The minimum absolute atomic E-state index is 0.0491. The van der Waals surface area contributed by atoms with Gasteiger partial charge in [-0.3, -0.25) is 4.79 Å². The summed E-state index contributed by atoms with van der Waals surface area (Å²) in [6.45, 7) is -0.735. The highest BCUT2D eigenvalue weighted by Gasteiger charge is 2.37. The van der Waals surface area contributed by atoms with Crippen LogP contribution in [0.1, 0.15) is 0 Å². The molecule has 5 nitrogen and oxygen atoms in total. The molecule has 0 spiro atoms. The summed E-state index contributed by atoms with van der Waals surface area (Å²) >= 11 is 0. The van der Waals surface area contributed by atoms with Gasteiger partial charge in [0.2, 0.25) is 5.91 Å². The van der Waals surface area contributed by atoms with Crippen molar-refractivity contribution in [2.24, 2.45) is 5.73 Å². The monoisotopic (exact) mass is 230 g/mol. The van der Waals surface area contributed by atoms with E-state index in [1.165, 1.54) is 0 Å². The third kappa shape index (κ3) is 8.16. The number of rotatable bonds is 7. The largest absolute Gasteiger partial charge is 0.415 e. The van der Waals surface area contributed by atoms with Gasteiger partial charge in [-0.2, -0.15) is 13.2 Å². The van der Waals surface area contributed by atoms with Gasteiger partial charge in [-0.25, -0.2) is 0 Å². The van der Waals surface area contributed by atoms with Gasteiger partial charge >= 0.3 is 6.18 Å². The van der Waals surface area contributed by atoms with E-state index in [4.69, 9.17) is 10.8 Å². The fourth-order valence-electron chi connectivity index (χ4n) is 0.672. The van der Waals surface area contributed by atoms with Crippen molar-refractivity contribution in [2.45, 2.75) is 12.3 Å². The number of halogens is 3. The van der Waals surface area contributed by atoms with Crippen LogP contribution in [0.3, 0.4) is 0 Å². The number of aliphatic hydroxyl groups excluding tert-OH is 1. The lowest BCUT2D eigenvalue weighted by Gasteiger charge is -2.14. The number of carbonyl (C=O) groups excluding carboxylic acids is 1. The lowest BCUT2D eigenvalue weighted by atomic mass is 10.3. The van der Waals surface area contributed by atoms with Gasteiger partial charge in [0, 0.05) is 13.1 Å². The SMILES string of the molecule is NC(=O)COCCNCC(O)C(F)(F)F. The van der Waals surface area contributed by atoms with Crippen molar-refractivity contribution in [3.05, 3.63) is 0 Å². The second kappa shape index (κ2) is 6.59. The van der Waals surface area contributed by atoms with Gasteiger partial charge in [0.15, 0.2) is 6.10 Å². The summed E-state index contributed by atoms with van der Waals surface area (Å²) in [5.74, 6) is -0.648. The van der Waals surface area contributed by atoms with Crippen molar-refractivity contribution in [3.8, 4) is 0 Å². The molecule has 1 amide bonds. The van der Waals surface area contributed by atoms with E-state index in [9.17, 15) is 18.0 Å². The van der Waals surface area contributed by atoms with Crippen LogP contribution in [-0.4, -0.2) is 49.6 Å². The average molecular weight is 230 g/mol. The molecule has 0 aliphatic rings. The van der Waals surface area contributed by atoms with E-state index in [0.717, 1.165) is 0 Å². The summed E-state index contributed by atoms with van der Waals surface area (Å²) < 4.78 is 39.9. The summed E-state index contributed by atoms with van der Waals surface area (Å²) in [7, 11) is 0. The van der Waals surface area contributed by atoms with E-state index in [1.54, 1.807) is 0 Å². The average Bonchev–Trinajstić information content (AvgIpc) is 2.08. The van der Waals surface area contributed by atoms with E-state index in [0.29, 0.717) is 0 Å². The molecular weight excluding hydrogens is 217 g/mol. The molecule has 1 unspecified atom stereocenters. The van der Waals surface area contributed by atoms with Crippen LogP contribution in [0.25, 0.3) is 0 Å². The van der Waals surface area contributed by atoms with Gasteiger partial charge in [-0.05, 0) is 0 Å². The Morgan fingerprint density at radius 1 is 1.53 bits per heavy atom. The van der Waals surface area contributed by atoms with Crippen LogP contribution in [0.5, 0.6) is 0 Å². The van der Waals surface area contributed by atoms with Crippen LogP contribution in [0, 0.1) is 0 Å². The molecular formula is C7H13F3N2O3. The van der Waals surface area contributed by atoms with Crippen molar-refractivity contribution >= 4 is 5.91 Å². The van der Waals surface area contributed by atoms with E-state index in [1.807, 2.05) is 0 Å². The van der Waals surface area contributed by atoms with Crippen molar-refractivity contribution in [1.29, 1.82) is 0 Å². The summed E-state index contributed by atoms with van der Waals surface area (Å²) in [6.07, 6.45) is -7.02. The number of nitrogens with two attached hydrogens (primary N) is 1. The number of aliphatic hydroxyl groups is 1. The third-order valence-electron chi connectivity index (χ3n) is 1.38. The number of ether oxygens (including phenoxy) is 1. The zero-order valence-electron chi connectivity index (χ0n) is 7.88. The van der Waals surface area contributed by atoms with Gasteiger partial charge in [-0.15, -0.1) is 0 Å². The number of alkyl halides is 3. The van der Waals surface area contributed by atoms with Crippen molar-refractivity contribution in [2.75, 3.05) is 26.3 Å². The topological polar surface area (TPSA) is 84.6 Å². The quantitative estimate of drug-likeness (QED) is 0.490. The summed E-state index contributed by atoms with van der Waals surface area (Å²) in [4.78, 5) is 10.2. The van der Waals surface area contributed by atoms with Gasteiger partial charge in [-0.1, -0.05) is 0 Å². The number of hydrogen-bond donors (Lipinski definition) is 3. The Labute approximate surface area is 84.4 Å². The Bertz CT molecular complexity index is 198. The molecule has 0 aromatic rings. The minimum atomic E-state index is -4.62. The van der Waals surface area contributed by atoms with E-state index >= 15 is 0 Å².